The topological polar surface area (TPSA) is 68.3 Å². The summed E-state index contributed by atoms with van der Waals surface area (Å²) in [5, 5.41) is 5.49. The Morgan fingerprint density at radius 3 is 3.00 bits per heavy atom. The highest BCUT2D eigenvalue weighted by atomic mass is 32.1. The third kappa shape index (κ3) is 4.88. The van der Waals surface area contributed by atoms with Gasteiger partial charge in [0.05, 0.1) is 11.6 Å². The predicted molar refractivity (Wildman–Crippen MR) is 60.1 cm³/mol. The maximum absolute atomic E-state index is 11.2. The lowest BCUT2D eigenvalue weighted by Crippen LogP contribution is -2.28. The molecule has 1 heterocycles. The molecule has 0 radical (unpaired) electrons. The van der Waals surface area contributed by atoms with Crippen LogP contribution in [0.4, 0.5) is 0 Å². The number of nitrogens with one attached hydrogen (secondary N) is 1. The minimum absolute atomic E-state index is 0.217. The number of nitrogens with zero attached hydrogens (tertiary/aromatic N) is 1. The smallest absolute Gasteiger partial charge is 0.315 e. The monoisotopic (exact) mass is 242 g/mol. The molecule has 0 unspecified atom stereocenters. The van der Waals surface area contributed by atoms with Crippen molar-refractivity contribution in [2.45, 2.75) is 19.8 Å². The molecule has 0 aliphatic carbocycles. The molecule has 1 N–H and O–H groups in total. The molecule has 1 aromatic heterocycles. The van der Waals surface area contributed by atoms with E-state index in [2.05, 4.69) is 15.0 Å². The predicted octanol–water partition coefficient (Wildman–Crippen LogP) is 0.755. The zero-order valence-electron chi connectivity index (χ0n) is 9.06. The Kier molecular flexibility index (Phi) is 5.49. The van der Waals surface area contributed by atoms with E-state index in [4.69, 9.17) is 0 Å². The number of hydrogen-bond acceptors (Lipinski definition) is 5. The van der Waals surface area contributed by atoms with Gasteiger partial charge >= 0.3 is 5.97 Å². The summed E-state index contributed by atoms with van der Waals surface area (Å²) in [5.41, 5.74) is 0. The van der Waals surface area contributed by atoms with Crippen molar-refractivity contribution in [3.8, 4) is 0 Å². The fourth-order valence-corrected chi connectivity index (χ4v) is 1.71. The first-order valence-electron chi connectivity index (χ1n) is 5.03. The second-order valence-corrected chi connectivity index (χ2v) is 3.99. The van der Waals surface area contributed by atoms with Crippen molar-refractivity contribution < 1.29 is 14.3 Å². The molecule has 5 nitrogen and oxygen atoms in total. The van der Waals surface area contributed by atoms with Gasteiger partial charge < -0.3 is 10.1 Å². The van der Waals surface area contributed by atoms with Crippen molar-refractivity contribution in [3.05, 3.63) is 16.6 Å². The van der Waals surface area contributed by atoms with Crippen LogP contribution in [0.5, 0.6) is 0 Å². The molecule has 0 saturated carbocycles. The molecule has 0 aromatic carbocycles. The van der Waals surface area contributed by atoms with E-state index in [-0.39, 0.29) is 12.3 Å². The van der Waals surface area contributed by atoms with Crippen LogP contribution in [0.15, 0.2) is 11.6 Å². The second-order valence-electron chi connectivity index (χ2n) is 3.01. The van der Waals surface area contributed by atoms with Gasteiger partial charge in [-0.3, -0.25) is 9.59 Å². The van der Waals surface area contributed by atoms with Crippen LogP contribution in [0.25, 0.3) is 0 Å². The number of rotatable bonds is 6. The van der Waals surface area contributed by atoms with Gasteiger partial charge in [0.15, 0.2) is 0 Å². The fraction of sp³-hybridized carbons (Fsp3) is 0.500. The molecule has 0 atom stereocenters. The third-order valence-corrected chi connectivity index (χ3v) is 2.59. The summed E-state index contributed by atoms with van der Waals surface area (Å²) in [4.78, 5) is 26.3. The first-order valence-corrected chi connectivity index (χ1v) is 5.91. The zero-order chi connectivity index (χ0) is 11.8. The molecular formula is C10H14N2O3S. The number of esters is 1. The summed E-state index contributed by atoms with van der Waals surface area (Å²) < 4.78 is 4.65. The molecule has 0 fully saturated rings. The number of thiazole rings is 1. The molecule has 0 spiro atoms. The van der Waals surface area contributed by atoms with Gasteiger partial charge in [0.25, 0.3) is 0 Å². The Hall–Kier alpha value is -1.43. The van der Waals surface area contributed by atoms with E-state index in [1.807, 2.05) is 5.38 Å². The number of carbonyl (C=O) groups excluding carboxylic acids is 2. The van der Waals surface area contributed by atoms with Gasteiger partial charge in [0.1, 0.15) is 6.42 Å². The minimum atomic E-state index is -0.491. The Balaban J connectivity index is 2.13. The Bertz CT molecular complexity index is 338. The lowest BCUT2D eigenvalue weighted by molar-refractivity contribution is -0.145. The molecule has 16 heavy (non-hydrogen) atoms. The van der Waals surface area contributed by atoms with Crippen molar-refractivity contribution in [3.63, 3.8) is 0 Å². The molecule has 0 aliphatic heterocycles. The molecule has 0 aliphatic rings. The highest BCUT2D eigenvalue weighted by Gasteiger charge is 2.09. The number of ether oxygens (including phenoxy) is 1. The molecule has 6 heteroatoms. The van der Waals surface area contributed by atoms with E-state index in [0.29, 0.717) is 19.6 Å². The maximum Gasteiger partial charge on any atom is 0.315 e. The average Bonchev–Trinajstić information content (AvgIpc) is 2.70. The van der Waals surface area contributed by atoms with E-state index >= 15 is 0 Å². The lowest BCUT2D eigenvalue weighted by atomic mass is 10.4. The SMILES string of the molecule is CCOC(=O)CC(=O)NCCc1nccs1. The standard InChI is InChI=1S/C10H14N2O3S/c1-2-15-10(14)7-8(13)11-4-3-9-12-5-6-16-9/h5-6H,2-4,7H2,1H3,(H,11,13). The highest BCUT2D eigenvalue weighted by molar-refractivity contribution is 7.09. The van der Waals surface area contributed by atoms with Crippen molar-refractivity contribution >= 4 is 23.2 Å². The van der Waals surface area contributed by atoms with Gasteiger partial charge in [-0.15, -0.1) is 11.3 Å². The first kappa shape index (κ1) is 12.6. The van der Waals surface area contributed by atoms with Crippen LogP contribution in [0, 0.1) is 0 Å². The van der Waals surface area contributed by atoms with Gasteiger partial charge in [-0.25, -0.2) is 4.98 Å². The molecule has 1 amide bonds. The largest absolute Gasteiger partial charge is 0.466 e. The highest BCUT2D eigenvalue weighted by Crippen LogP contribution is 2.03. The van der Waals surface area contributed by atoms with Crippen molar-refractivity contribution in [1.29, 1.82) is 0 Å². The molecule has 1 rings (SSSR count). The van der Waals surface area contributed by atoms with Gasteiger partial charge in [0, 0.05) is 24.5 Å². The first-order chi connectivity index (χ1) is 7.72. The summed E-state index contributed by atoms with van der Waals surface area (Å²) in [6, 6.07) is 0. The van der Waals surface area contributed by atoms with Gasteiger partial charge in [-0.05, 0) is 6.92 Å². The van der Waals surface area contributed by atoms with Crippen molar-refractivity contribution in [1.82, 2.24) is 10.3 Å². The van der Waals surface area contributed by atoms with Crippen LogP contribution in [0.3, 0.4) is 0 Å². The van der Waals surface area contributed by atoms with E-state index in [1.54, 1.807) is 24.5 Å². The van der Waals surface area contributed by atoms with Crippen molar-refractivity contribution in [2.75, 3.05) is 13.2 Å². The number of hydrogen-bond donors (Lipinski definition) is 1. The quantitative estimate of drug-likeness (QED) is 0.590. The normalized spacial score (nSPS) is 9.81. The molecule has 0 saturated heterocycles. The van der Waals surface area contributed by atoms with E-state index < -0.39 is 5.97 Å². The number of carbonyl (C=O) groups is 2. The zero-order valence-corrected chi connectivity index (χ0v) is 9.88. The summed E-state index contributed by atoms with van der Waals surface area (Å²) in [7, 11) is 0. The summed E-state index contributed by atoms with van der Waals surface area (Å²) in [6.07, 6.45) is 2.19. The minimum Gasteiger partial charge on any atom is -0.466 e. The van der Waals surface area contributed by atoms with Crippen LogP contribution in [0.2, 0.25) is 0 Å². The van der Waals surface area contributed by atoms with Crippen LogP contribution < -0.4 is 5.32 Å². The Labute approximate surface area is 97.8 Å². The number of aromatic nitrogens is 1. The summed E-state index contributed by atoms with van der Waals surface area (Å²) in [6.45, 7) is 2.50. The van der Waals surface area contributed by atoms with E-state index in [9.17, 15) is 9.59 Å². The van der Waals surface area contributed by atoms with Crippen LogP contribution in [-0.2, 0) is 20.7 Å². The van der Waals surface area contributed by atoms with E-state index in [0.717, 1.165) is 5.01 Å². The number of amides is 1. The van der Waals surface area contributed by atoms with Gasteiger partial charge in [-0.1, -0.05) is 0 Å². The van der Waals surface area contributed by atoms with Crippen LogP contribution in [-0.4, -0.2) is 30.0 Å². The summed E-state index contributed by atoms with van der Waals surface area (Å²) in [5.74, 6) is -0.802. The Morgan fingerprint density at radius 2 is 2.38 bits per heavy atom. The maximum atomic E-state index is 11.2. The van der Waals surface area contributed by atoms with Crippen molar-refractivity contribution in [2.24, 2.45) is 0 Å². The second kappa shape index (κ2) is 6.95. The third-order valence-electron chi connectivity index (χ3n) is 1.75. The van der Waals surface area contributed by atoms with Crippen LogP contribution in [0.1, 0.15) is 18.4 Å². The van der Waals surface area contributed by atoms with Crippen LogP contribution >= 0.6 is 11.3 Å². The fourth-order valence-electron chi connectivity index (χ4n) is 1.09. The van der Waals surface area contributed by atoms with Gasteiger partial charge in [0.2, 0.25) is 5.91 Å². The average molecular weight is 242 g/mol. The molecule has 88 valence electrons. The Morgan fingerprint density at radius 1 is 1.56 bits per heavy atom. The van der Waals surface area contributed by atoms with E-state index in [1.165, 1.54) is 0 Å². The summed E-state index contributed by atoms with van der Waals surface area (Å²) >= 11 is 1.54. The van der Waals surface area contributed by atoms with Gasteiger partial charge in [-0.2, -0.15) is 0 Å². The molecule has 0 bridgehead atoms. The lowest BCUT2D eigenvalue weighted by Gasteiger charge is -2.03. The molecular weight excluding hydrogens is 228 g/mol. The molecule has 1 aromatic rings.